The molecule has 0 spiro atoms. The summed E-state index contributed by atoms with van der Waals surface area (Å²) in [7, 11) is 3.21. The van der Waals surface area contributed by atoms with Crippen molar-refractivity contribution < 1.29 is 9.47 Å². The first-order chi connectivity index (χ1) is 8.33. The molecular weight excluding hydrogens is 236 g/mol. The van der Waals surface area contributed by atoms with Gasteiger partial charge in [-0.05, 0) is 12.1 Å². The van der Waals surface area contributed by atoms with E-state index in [2.05, 4.69) is 9.97 Å². The number of methoxy groups -OCH3 is 2. The summed E-state index contributed by atoms with van der Waals surface area (Å²) in [6.07, 6.45) is 2.14. The summed E-state index contributed by atoms with van der Waals surface area (Å²) in [5, 5.41) is 2.97. The van der Waals surface area contributed by atoms with Gasteiger partial charge in [-0.15, -0.1) is 11.3 Å². The summed E-state index contributed by atoms with van der Waals surface area (Å²) in [4.78, 5) is 8.75. The van der Waals surface area contributed by atoms with Crippen LogP contribution in [0.25, 0.3) is 0 Å². The highest BCUT2D eigenvalue weighted by atomic mass is 32.1. The monoisotopic (exact) mass is 250 g/mol. The molecule has 2 rings (SSSR count). The molecule has 0 saturated carbocycles. The number of pyridine rings is 1. The number of ether oxygens (including phenoxy) is 2. The Morgan fingerprint density at radius 1 is 1.29 bits per heavy atom. The maximum Gasteiger partial charge on any atom is 0.201 e. The molecule has 0 aliphatic rings. The largest absolute Gasteiger partial charge is 0.350 e. The first kappa shape index (κ1) is 12.2. The van der Waals surface area contributed by atoms with Crippen LogP contribution in [0.15, 0.2) is 29.8 Å². The van der Waals surface area contributed by atoms with Gasteiger partial charge in [-0.1, -0.05) is 6.07 Å². The standard InChI is InChI=1S/C12H14N2O2S/c1-15-12(16-2)10-8-17-11(14-10)7-9-5-3-4-6-13-9/h3-6,8,12H,7H2,1-2H3. The molecule has 0 aliphatic heterocycles. The molecule has 90 valence electrons. The predicted molar refractivity (Wildman–Crippen MR) is 65.9 cm³/mol. The third-order valence-electron chi connectivity index (χ3n) is 2.30. The van der Waals surface area contributed by atoms with Crippen molar-refractivity contribution in [1.29, 1.82) is 0 Å². The number of aromatic nitrogens is 2. The minimum absolute atomic E-state index is 0.385. The van der Waals surface area contributed by atoms with Crippen LogP contribution in [-0.2, 0) is 15.9 Å². The molecule has 2 aromatic heterocycles. The molecule has 0 radical (unpaired) electrons. The number of nitrogens with zero attached hydrogens (tertiary/aromatic N) is 2. The average Bonchev–Trinajstić information content (AvgIpc) is 2.81. The van der Waals surface area contributed by atoms with E-state index in [1.54, 1.807) is 31.8 Å². The van der Waals surface area contributed by atoms with Crippen LogP contribution in [-0.4, -0.2) is 24.2 Å². The third-order valence-corrected chi connectivity index (χ3v) is 3.16. The summed E-state index contributed by atoms with van der Waals surface area (Å²) < 4.78 is 10.3. The van der Waals surface area contributed by atoms with E-state index in [0.29, 0.717) is 0 Å². The van der Waals surface area contributed by atoms with Gasteiger partial charge in [-0.3, -0.25) is 4.98 Å². The number of hydrogen-bond donors (Lipinski definition) is 0. The molecular formula is C12H14N2O2S. The van der Waals surface area contributed by atoms with Gasteiger partial charge in [0.1, 0.15) is 5.69 Å². The zero-order valence-electron chi connectivity index (χ0n) is 9.79. The van der Waals surface area contributed by atoms with Gasteiger partial charge in [-0.2, -0.15) is 0 Å². The molecule has 0 atom stereocenters. The third kappa shape index (κ3) is 3.09. The molecule has 4 nitrogen and oxygen atoms in total. The van der Waals surface area contributed by atoms with Crippen LogP contribution in [0.3, 0.4) is 0 Å². The molecule has 0 fully saturated rings. The number of thiazole rings is 1. The van der Waals surface area contributed by atoms with Gasteiger partial charge in [0.2, 0.25) is 6.29 Å². The summed E-state index contributed by atoms with van der Waals surface area (Å²) in [5.74, 6) is 0. The van der Waals surface area contributed by atoms with Crippen LogP contribution in [0.5, 0.6) is 0 Å². The van der Waals surface area contributed by atoms with Crippen molar-refractivity contribution in [3.05, 3.63) is 46.2 Å². The van der Waals surface area contributed by atoms with Gasteiger partial charge in [0.05, 0.1) is 5.01 Å². The van der Waals surface area contributed by atoms with Crippen molar-refractivity contribution in [2.75, 3.05) is 14.2 Å². The zero-order valence-corrected chi connectivity index (χ0v) is 10.6. The van der Waals surface area contributed by atoms with Crippen molar-refractivity contribution in [2.45, 2.75) is 12.7 Å². The van der Waals surface area contributed by atoms with Gasteiger partial charge in [0.25, 0.3) is 0 Å². The zero-order chi connectivity index (χ0) is 12.1. The Hall–Kier alpha value is -1.30. The average molecular weight is 250 g/mol. The lowest BCUT2D eigenvalue weighted by Crippen LogP contribution is -2.04. The Bertz CT molecular complexity index is 455. The first-order valence-corrected chi connectivity index (χ1v) is 6.11. The smallest absolute Gasteiger partial charge is 0.201 e. The normalized spacial score (nSPS) is 11.0. The molecule has 0 aromatic carbocycles. The predicted octanol–water partition coefficient (Wildman–Crippen LogP) is 2.42. The van der Waals surface area contributed by atoms with E-state index in [1.807, 2.05) is 23.6 Å². The van der Waals surface area contributed by atoms with E-state index in [4.69, 9.17) is 9.47 Å². The second kappa shape index (κ2) is 5.86. The molecule has 0 N–H and O–H groups in total. The number of rotatable bonds is 5. The Balaban J connectivity index is 2.08. The quantitative estimate of drug-likeness (QED) is 0.764. The molecule has 17 heavy (non-hydrogen) atoms. The van der Waals surface area contributed by atoms with Gasteiger partial charge in [0, 0.05) is 37.9 Å². The van der Waals surface area contributed by atoms with Crippen LogP contribution >= 0.6 is 11.3 Å². The molecule has 0 unspecified atom stereocenters. The van der Waals surface area contributed by atoms with E-state index < -0.39 is 0 Å². The minimum atomic E-state index is -0.385. The molecule has 0 aliphatic carbocycles. The Kier molecular flexibility index (Phi) is 4.19. The van der Waals surface area contributed by atoms with Gasteiger partial charge >= 0.3 is 0 Å². The molecule has 0 saturated heterocycles. The van der Waals surface area contributed by atoms with Crippen molar-refractivity contribution in [2.24, 2.45) is 0 Å². The van der Waals surface area contributed by atoms with Crippen LogP contribution in [0, 0.1) is 0 Å². The van der Waals surface area contributed by atoms with Gasteiger partial charge in [-0.25, -0.2) is 4.98 Å². The van der Waals surface area contributed by atoms with Crippen LogP contribution in [0.4, 0.5) is 0 Å². The maximum atomic E-state index is 5.16. The Labute approximate surface area is 104 Å². The van der Waals surface area contributed by atoms with Crippen molar-refractivity contribution in [3.8, 4) is 0 Å². The molecule has 2 aromatic rings. The fourth-order valence-electron chi connectivity index (χ4n) is 1.51. The van der Waals surface area contributed by atoms with E-state index in [0.717, 1.165) is 22.8 Å². The van der Waals surface area contributed by atoms with E-state index in [1.165, 1.54) is 0 Å². The molecule has 0 amide bonds. The van der Waals surface area contributed by atoms with Crippen LogP contribution in [0.2, 0.25) is 0 Å². The first-order valence-electron chi connectivity index (χ1n) is 5.23. The van der Waals surface area contributed by atoms with Gasteiger partial charge < -0.3 is 9.47 Å². The highest BCUT2D eigenvalue weighted by molar-refractivity contribution is 7.09. The van der Waals surface area contributed by atoms with E-state index in [-0.39, 0.29) is 6.29 Å². The van der Waals surface area contributed by atoms with E-state index in [9.17, 15) is 0 Å². The van der Waals surface area contributed by atoms with Crippen LogP contribution in [0.1, 0.15) is 22.7 Å². The fraction of sp³-hybridized carbons (Fsp3) is 0.333. The molecule has 2 heterocycles. The van der Waals surface area contributed by atoms with Crippen LogP contribution < -0.4 is 0 Å². The SMILES string of the molecule is COC(OC)c1csc(Cc2ccccn2)n1. The Morgan fingerprint density at radius 3 is 2.76 bits per heavy atom. The second-order valence-electron chi connectivity index (χ2n) is 3.47. The lowest BCUT2D eigenvalue weighted by Gasteiger charge is -2.09. The maximum absolute atomic E-state index is 5.16. The van der Waals surface area contributed by atoms with Crippen molar-refractivity contribution in [1.82, 2.24) is 9.97 Å². The minimum Gasteiger partial charge on any atom is -0.350 e. The fourth-order valence-corrected chi connectivity index (χ4v) is 2.32. The second-order valence-corrected chi connectivity index (χ2v) is 4.41. The van der Waals surface area contributed by atoms with Crippen molar-refractivity contribution in [3.63, 3.8) is 0 Å². The van der Waals surface area contributed by atoms with Gasteiger partial charge in [0.15, 0.2) is 0 Å². The molecule has 0 bridgehead atoms. The summed E-state index contributed by atoms with van der Waals surface area (Å²) >= 11 is 1.59. The number of hydrogen-bond acceptors (Lipinski definition) is 5. The summed E-state index contributed by atoms with van der Waals surface area (Å²) in [5.41, 5.74) is 1.82. The van der Waals surface area contributed by atoms with Crippen molar-refractivity contribution >= 4 is 11.3 Å². The highest BCUT2D eigenvalue weighted by Crippen LogP contribution is 2.21. The molecule has 5 heteroatoms. The summed E-state index contributed by atoms with van der Waals surface area (Å²) in [6.45, 7) is 0. The Morgan fingerprint density at radius 2 is 2.12 bits per heavy atom. The topological polar surface area (TPSA) is 44.2 Å². The lowest BCUT2D eigenvalue weighted by atomic mass is 10.3. The lowest BCUT2D eigenvalue weighted by molar-refractivity contribution is -0.108. The summed E-state index contributed by atoms with van der Waals surface area (Å²) in [6, 6.07) is 5.87. The highest BCUT2D eigenvalue weighted by Gasteiger charge is 2.13. The van der Waals surface area contributed by atoms with E-state index >= 15 is 0 Å².